The predicted molar refractivity (Wildman–Crippen MR) is 72.3 cm³/mol. The number of benzene rings is 1. The maximum absolute atomic E-state index is 12.6. The number of methoxy groups -OCH3 is 1. The van der Waals surface area contributed by atoms with Gasteiger partial charge in [0, 0.05) is 11.4 Å². The van der Waals surface area contributed by atoms with Gasteiger partial charge >= 0.3 is 0 Å². The quantitative estimate of drug-likeness (QED) is 0.588. The normalized spacial score (nSPS) is 25.2. The third-order valence-electron chi connectivity index (χ3n) is 4.20. The van der Waals surface area contributed by atoms with Crippen LogP contribution in [0, 0.1) is 11.8 Å². The van der Waals surface area contributed by atoms with Gasteiger partial charge < -0.3 is 4.74 Å². The highest BCUT2D eigenvalue weighted by Crippen LogP contribution is 2.42. The molecule has 20 heavy (non-hydrogen) atoms. The molecule has 2 aliphatic rings. The van der Waals surface area contributed by atoms with Crippen LogP contribution in [0.15, 0.2) is 12.1 Å². The molecule has 0 heterocycles. The molecule has 0 N–H and O–H groups in total. The van der Waals surface area contributed by atoms with Gasteiger partial charge in [0.2, 0.25) is 5.78 Å². The van der Waals surface area contributed by atoms with E-state index in [9.17, 15) is 14.4 Å². The minimum atomic E-state index is -0.851. The van der Waals surface area contributed by atoms with Crippen LogP contribution in [0.5, 0.6) is 5.75 Å². The Morgan fingerprint density at radius 3 is 2.65 bits per heavy atom. The van der Waals surface area contributed by atoms with Gasteiger partial charge in [0.05, 0.1) is 18.6 Å². The Balaban J connectivity index is 2.16. The lowest BCUT2D eigenvalue weighted by Gasteiger charge is -2.34. The molecule has 4 nitrogen and oxygen atoms in total. The van der Waals surface area contributed by atoms with Crippen LogP contribution in [0.3, 0.4) is 0 Å². The van der Waals surface area contributed by atoms with Crippen LogP contribution in [0.2, 0.25) is 5.02 Å². The molecule has 1 fully saturated rings. The van der Waals surface area contributed by atoms with Gasteiger partial charge in [0.1, 0.15) is 5.75 Å². The largest absolute Gasteiger partial charge is 0.496 e. The maximum Gasteiger partial charge on any atom is 0.209 e. The van der Waals surface area contributed by atoms with Crippen molar-refractivity contribution < 1.29 is 19.1 Å². The third kappa shape index (κ3) is 1.79. The molecule has 1 aromatic rings. The average molecular weight is 293 g/mol. The van der Waals surface area contributed by atoms with E-state index in [-0.39, 0.29) is 18.1 Å². The number of ketones is 3. The molecule has 2 aliphatic carbocycles. The second-order valence-electron chi connectivity index (χ2n) is 5.24. The number of carbonyl (C=O) groups is 3. The lowest BCUT2D eigenvalue weighted by atomic mass is 9.67. The van der Waals surface area contributed by atoms with Crippen molar-refractivity contribution >= 4 is 29.0 Å². The summed E-state index contributed by atoms with van der Waals surface area (Å²) in [6, 6.07) is 3.32. The van der Waals surface area contributed by atoms with Crippen molar-refractivity contribution in [1.82, 2.24) is 0 Å². The van der Waals surface area contributed by atoms with Crippen molar-refractivity contribution in [3.63, 3.8) is 0 Å². The van der Waals surface area contributed by atoms with Crippen molar-refractivity contribution in [3.8, 4) is 5.75 Å². The van der Waals surface area contributed by atoms with Gasteiger partial charge in [-0.2, -0.15) is 0 Å². The minimum Gasteiger partial charge on any atom is -0.496 e. The number of ether oxygens (including phenoxy) is 1. The van der Waals surface area contributed by atoms with Crippen molar-refractivity contribution in [3.05, 3.63) is 28.3 Å². The van der Waals surface area contributed by atoms with Crippen LogP contribution in [0.1, 0.15) is 28.8 Å². The summed E-state index contributed by atoms with van der Waals surface area (Å²) in [4.78, 5) is 36.2. The molecule has 0 radical (unpaired) electrons. The van der Waals surface area contributed by atoms with Gasteiger partial charge in [-0.15, -0.1) is 0 Å². The number of hydrogen-bond donors (Lipinski definition) is 0. The van der Waals surface area contributed by atoms with Crippen LogP contribution >= 0.6 is 11.6 Å². The molecule has 0 bridgehead atoms. The monoisotopic (exact) mass is 292 g/mol. The van der Waals surface area contributed by atoms with E-state index < -0.39 is 17.5 Å². The zero-order chi connectivity index (χ0) is 14.4. The van der Waals surface area contributed by atoms with Crippen LogP contribution < -0.4 is 4.74 Å². The molecule has 3 rings (SSSR count). The lowest BCUT2D eigenvalue weighted by Crippen LogP contribution is -2.44. The van der Waals surface area contributed by atoms with Crippen molar-refractivity contribution in [1.29, 1.82) is 0 Å². The van der Waals surface area contributed by atoms with E-state index in [1.54, 1.807) is 12.1 Å². The molecule has 5 heteroatoms. The SMILES string of the molecule is COc1ccc(Cl)c2c1C(=O)C1C(=O)C(=O)CCC1C2. The highest BCUT2D eigenvalue weighted by atomic mass is 35.5. The smallest absolute Gasteiger partial charge is 0.209 e. The number of halogens is 1. The maximum atomic E-state index is 12.6. The second-order valence-corrected chi connectivity index (χ2v) is 5.64. The Morgan fingerprint density at radius 1 is 1.20 bits per heavy atom. The topological polar surface area (TPSA) is 60.4 Å². The lowest BCUT2D eigenvalue weighted by molar-refractivity contribution is -0.141. The van der Waals surface area contributed by atoms with Crippen LogP contribution in [-0.4, -0.2) is 24.5 Å². The van der Waals surface area contributed by atoms with Crippen LogP contribution in [0.25, 0.3) is 0 Å². The number of hydrogen-bond acceptors (Lipinski definition) is 4. The van der Waals surface area contributed by atoms with Crippen LogP contribution in [0.4, 0.5) is 0 Å². The molecule has 0 saturated heterocycles. The molecule has 0 amide bonds. The average Bonchev–Trinajstić information content (AvgIpc) is 2.44. The summed E-state index contributed by atoms with van der Waals surface area (Å²) < 4.78 is 5.20. The van der Waals surface area contributed by atoms with Gasteiger partial charge in [0.25, 0.3) is 0 Å². The molecular weight excluding hydrogens is 280 g/mol. The summed E-state index contributed by atoms with van der Waals surface area (Å²) in [5.41, 5.74) is 1.10. The first-order chi connectivity index (χ1) is 9.54. The first-order valence-electron chi connectivity index (χ1n) is 6.51. The first-order valence-corrected chi connectivity index (χ1v) is 6.89. The summed E-state index contributed by atoms with van der Waals surface area (Å²) in [5, 5.41) is 0.511. The van der Waals surface area contributed by atoms with Gasteiger partial charge in [-0.25, -0.2) is 0 Å². The summed E-state index contributed by atoms with van der Waals surface area (Å²) in [6.45, 7) is 0. The Hall–Kier alpha value is -1.68. The van der Waals surface area contributed by atoms with E-state index in [1.165, 1.54) is 7.11 Å². The minimum absolute atomic E-state index is 0.121. The molecule has 2 unspecified atom stereocenters. The third-order valence-corrected chi connectivity index (χ3v) is 4.56. The Morgan fingerprint density at radius 2 is 1.95 bits per heavy atom. The fraction of sp³-hybridized carbons (Fsp3) is 0.400. The van der Waals surface area contributed by atoms with Gasteiger partial charge in [-0.1, -0.05) is 11.6 Å². The summed E-state index contributed by atoms with van der Waals surface area (Å²) in [7, 11) is 1.47. The molecule has 0 aromatic heterocycles. The van der Waals surface area contributed by atoms with E-state index in [1.807, 2.05) is 0 Å². The van der Waals surface area contributed by atoms with Crippen molar-refractivity contribution in [2.24, 2.45) is 11.8 Å². The number of rotatable bonds is 1. The Bertz CT molecular complexity index is 635. The highest BCUT2D eigenvalue weighted by Gasteiger charge is 2.46. The van der Waals surface area contributed by atoms with Gasteiger partial charge in [0.15, 0.2) is 11.6 Å². The van der Waals surface area contributed by atoms with E-state index in [2.05, 4.69) is 0 Å². The predicted octanol–water partition coefficient (Wildman–Crippen LogP) is 2.25. The van der Waals surface area contributed by atoms with E-state index >= 15 is 0 Å². The second kappa shape index (κ2) is 4.70. The van der Waals surface area contributed by atoms with Gasteiger partial charge in [-0.05, 0) is 36.5 Å². The standard InChI is InChI=1S/C15H13ClO4/c1-20-11-5-3-9(16)8-6-7-2-4-10(17)14(18)12(7)15(19)13(8)11/h3,5,7,12H,2,4,6H2,1H3. The van der Waals surface area contributed by atoms with Crippen molar-refractivity contribution in [2.45, 2.75) is 19.3 Å². The van der Waals surface area contributed by atoms with Crippen molar-refractivity contribution in [2.75, 3.05) is 7.11 Å². The fourth-order valence-electron chi connectivity index (χ4n) is 3.21. The Kier molecular flexibility index (Phi) is 3.13. The number of fused-ring (bicyclic) bond motifs is 2. The fourth-order valence-corrected chi connectivity index (χ4v) is 3.44. The summed E-state index contributed by atoms with van der Waals surface area (Å²) >= 11 is 6.17. The molecule has 1 saturated carbocycles. The molecule has 1 aromatic carbocycles. The zero-order valence-corrected chi connectivity index (χ0v) is 11.7. The van der Waals surface area contributed by atoms with Gasteiger partial charge in [-0.3, -0.25) is 14.4 Å². The van der Waals surface area contributed by atoms with E-state index in [0.717, 1.165) is 5.56 Å². The van der Waals surface area contributed by atoms with E-state index in [4.69, 9.17) is 16.3 Å². The van der Waals surface area contributed by atoms with E-state index in [0.29, 0.717) is 29.2 Å². The molecule has 0 spiro atoms. The molecule has 2 atom stereocenters. The molecular formula is C15H13ClO4. The number of Topliss-reactive ketones (excluding diaryl/α,β-unsaturated/α-hetero) is 3. The van der Waals surface area contributed by atoms with Crippen LogP contribution in [-0.2, 0) is 16.0 Å². The molecule has 0 aliphatic heterocycles. The Labute approximate surface area is 121 Å². The molecule has 104 valence electrons. The zero-order valence-electron chi connectivity index (χ0n) is 10.9. The summed E-state index contributed by atoms with van der Waals surface area (Å²) in [6.07, 6.45) is 1.33. The number of carbonyl (C=O) groups excluding carboxylic acids is 3. The summed E-state index contributed by atoms with van der Waals surface area (Å²) in [5.74, 6) is -1.88. The first kappa shape index (κ1) is 13.3. The highest BCUT2D eigenvalue weighted by molar-refractivity contribution is 6.43.